The van der Waals surface area contributed by atoms with Crippen molar-refractivity contribution in [2.45, 2.75) is 25.3 Å². The molecule has 0 spiro atoms. The Hall–Kier alpha value is -1.59. The minimum absolute atomic E-state index is 0.268. The smallest absolute Gasteiger partial charge is 0.236 e. The number of piperazine rings is 1. The lowest BCUT2D eigenvalue weighted by Gasteiger charge is -2.40. The summed E-state index contributed by atoms with van der Waals surface area (Å²) in [5.41, 5.74) is 1.21. The summed E-state index contributed by atoms with van der Waals surface area (Å²) in [5, 5.41) is 0. The van der Waals surface area contributed by atoms with E-state index in [0.717, 1.165) is 51.3 Å². The molecule has 2 heterocycles. The van der Waals surface area contributed by atoms with Crippen LogP contribution < -0.4 is 4.74 Å². The Labute approximate surface area is 145 Å². The zero-order chi connectivity index (χ0) is 16.9. The Bertz CT molecular complexity index is 557. The maximum absolute atomic E-state index is 12.6. The van der Waals surface area contributed by atoms with E-state index < -0.39 is 0 Å². The van der Waals surface area contributed by atoms with E-state index in [2.05, 4.69) is 29.0 Å². The monoisotopic (exact) mass is 331 g/mol. The molecule has 5 nitrogen and oxygen atoms in total. The summed E-state index contributed by atoms with van der Waals surface area (Å²) in [6, 6.07) is 8.48. The van der Waals surface area contributed by atoms with Gasteiger partial charge in [-0.25, -0.2) is 0 Å². The topological polar surface area (TPSA) is 36.0 Å². The molecule has 0 bridgehead atoms. The molecule has 1 aromatic carbocycles. The number of piperidine rings is 1. The highest BCUT2D eigenvalue weighted by atomic mass is 16.5. The first-order chi connectivity index (χ1) is 11.7. The standard InChI is InChI=1S/C19H29N3O2/c1-20-12-13-21(15-19(23)22-10-6-3-7-11-22)14-17(20)16-8-4-5-9-18(16)24-2/h4-5,8-9,17H,3,6-7,10-15H2,1-2H3/t17-/m1/s1. The highest BCUT2D eigenvalue weighted by molar-refractivity contribution is 5.78. The molecule has 2 saturated heterocycles. The fourth-order valence-electron chi connectivity index (χ4n) is 3.79. The van der Waals surface area contributed by atoms with Gasteiger partial charge in [-0.15, -0.1) is 0 Å². The molecule has 1 amide bonds. The van der Waals surface area contributed by atoms with Gasteiger partial charge in [0.2, 0.25) is 5.91 Å². The third-order valence-electron chi connectivity index (χ3n) is 5.30. The number of nitrogens with zero attached hydrogens (tertiary/aromatic N) is 3. The number of carbonyl (C=O) groups is 1. The molecule has 24 heavy (non-hydrogen) atoms. The minimum atomic E-state index is 0.268. The maximum Gasteiger partial charge on any atom is 0.236 e. The number of amides is 1. The van der Waals surface area contributed by atoms with Crippen LogP contribution >= 0.6 is 0 Å². The lowest BCUT2D eigenvalue weighted by molar-refractivity contribution is -0.134. The zero-order valence-corrected chi connectivity index (χ0v) is 14.9. The lowest BCUT2D eigenvalue weighted by Crippen LogP contribution is -2.50. The molecule has 1 aromatic rings. The first-order valence-electron chi connectivity index (χ1n) is 9.02. The molecule has 0 saturated carbocycles. The molecule has 2 fully saturated rings. The highest BCUT2D eigenvalue weighted by Gasteiger charge is 2.29. The lowest BCUT2D eigenvalue weighted by atomic mass is 10.0. The number of likely N-dealkylation sites (tertiary alicyclic amines) is 1. The second kappa shape index (κ2) is 7.99. The number of methoxy groups -OCH3 is 1. The van der Waals surface area contributed by atoms with E-state index in [-0.39, 0.29) is 11.9 Å². The number of carbonyl (C=O) groups excluding carboxylic acids is 1. The Morgan fingerprint density at radius 1 is 1.12 bits per heavy atom. The molecular formula is C19H29N3O2. The number of hydrogen-bond donors (Lipinski definition) is 0. The quantitative estimate of drug-likeness (QED) is 0.845. The van der Waals surface area contributed by atoms with Crippen LogP contribution in [0.4, 0.5) is 0 Å². The van der Waals surface area contributed by atoms with Gasteiger partial charge in [0.1, 0.15) is 5.75 Å². The van der Waals surface area contributed by atoms with Gasteiger partial charge in [0.15, 0.2) is 0 Å². The van der Waals surface area contributed by atoms with Gasteiger partial charge in [0, 0.05) is 38.3 Å². The molecule has 5 heteroatoms. The fourth-order valence-corrected chi connectivity index (χ4v) is 3.79. The van der Waals surface area contributed by atoms with Gasteiger partial charge in [0.25, 0.3) is 0 Å². The van der Waals surface area contributed by atoms with Crippen molar-refractivity contribution in [3.05, 3.63) is 29.8 Å². The summed E-state index contributed by atoms with van der Waals surface area (Å²) in [7, 11) is 3.88. The van der Waals surface area contributed by atoms with Gasteiger partial charge < -0.3 is 9.64 Å². The van der Waals surface area contributed by atoms with Crippen LogP contribution in [0.15, 0.2) is 24.3 Å². The van der Waals surface area contributed by atoms with Crippen molar-refractivity contribution in [2.75, 3.05) is 53.4 Å². The summed E-state index contributed by atoms with van der Waals surface area (Å²) in [4.78, 5) is 19.3. The minimum Gasteiger partial charge on any atom is -0.496 e. The van der Waals surface area contributed by atoms with Gasteiger partial charge in [-0.2, -0.15) is 0 Å². The van der Waals surface area contributed by atoms with Crippen LogP contribution in [0.25, 0.3) is 0 Å². The van der Waals surface area contributed by atoms with Gasteiger partial charge in [0.05, 0.1) is 19.7 Å². The summed E-state index contributed by atoms with van der Waals surface area (Å²) >= 11 is 0. The molecule has 0 radical (unpaired) electrons. The van der Waals surface area contributed by atoms with Crippen LogP contribution in [-0.4, -0.2) is 74.0 Å². The number of benzene rings is 1. The van der Waals surface area contributed by atoms with Gasteiger partial charge in [-0.1, -0.05) is 18.2 Å². The van der Waals surface area contributed by atoms with Gasteiger partial charge in [-0.05, 0) is 32.4 Å². The molecule has 0 aromatic heterocycles. The first kappa shape index (κ1) is 17.2. The first-order valence-corrected chi connectivity index (χ1v) is 9.02. The summed E-state index contributed by atoms with van der Waals surface area (Å²) in [5.74, 6) is 1.22. The fraction of sp³-hybridized carbons (Fsp3) is 0.632. The number of likely N-dealkylation sites (N-methyl/N-ethyl adjacent to an activating group) is 1. The van der Waals surface area contributed by atoms with Crippen molar-refractivity contribution in [1.29, 1.82) is 0 Å². The molecule has 2 aliphatic rings. The Kier molecular flexibility index (Phi) is 5.74. The number of para-hydroxylation sites is 1. The SMILES string of the molecule is COc1ccccc1[C@H]1CN(CC(=O)N2CCCCC2)CCN1C. The van der Waals surface area contributed by atoms with E-state index >= 15 is 0 Å². The molecule has 0 aliphatic carbocycles. The molecule has 3 rings (SSSR count). The Morgan fingerprint density at radius 2 is 1.88 bits per heavy atom. The van der Waals surface area contributed by atoms with Gasteiger partial charge in [-0.3, -0.25) is 14.6 Å². The van der Waals surface area contributed by atoms with Crippen molar-refractivity contribution < 1.29 is 9.53 Å². The zero-order valence-electron chi connectivity index (χ0n) is 14.9. The van der Waals surface area contributed by atoms with Crippen LogP contribution in [-0.2, 0) is 4.79 Å². The molecule has 1 atom stereocenters. The van der Waals surface area contributed by atoms with Crippen LogP contribution in [0.5, 0.6) is 5.75 Å². The Balaban J connectivity index is 1.65. The van der Waals surface area contributed by atoms with Crippen LogP contribution in [0.2, 0.25) is 0 Å². The highest BCUT2D eigenvalue weighted by Crippen LogP contribution is 2.31. The van der Waals surface area contributed by atoms with Gasteiger partial charge >= 0.3 is 0 Å². The number of rotatable bonds is 4. The van der Waals surface area contributed by atoms with E-state index in [1.165, 1.54) is 12.0 Å². The largest absolute Gasteiger partial charge is 0.496 e. The molecule has 0 unspecified atom stereocenters. The molecular weight excluding hydrogens is 302 g/mol. The summed E-state index contributed by atoms with van der Waals surface area (Å²) in [6.45, 7) is 5.19. The van der Waals surface area contributed by atoms with E-state index in [0.29, 0.717) is 6.54 Å². The second-order valence-electron chi connectivity index (χ2n) is 6.91. The molecule has 132 valence electrons. The predicted molar refractivity (Wildman–Crippen MR) is 95.2 cm³/mol. The van der Waals surface area contributed by atoms with E-state index in [1.807, 2.05) is 17.0 Å². The number of ether oxygens (including phenoxy) is 1. The van der Waals surface area contributed by atoms with Crippen molar-refractivity contribution in [2.24, 2.45) is 0 Å². The third-order valence-corrected chi connectivity index (χ3v) is 5.30. The van der Waals surface area contributed by atoms with Crippen molar-refractivity contribution in [3.8, 4) is 5.75 Å². The molecule has 0 N–H and O–H groups in total. The normalized spacial score (nSPS) is 23.2. The third kappa shape index (κ3) is 3.90. The van der Waals surface area contributed by atoms with Crippen molar-refractivity contribution >= 4 is 5.91 Å². The molecule has 2 aliphatic heterocycles. The van der Waals surface area contributed by atoms with E-state index in [9.17, 15) is 4.79 Å². The van der Waals surface area contributed by atoms with Crippen LogP contribution in [0.3, 0.4) is 0 Å². The second-order valence-corrected chi connectivity index (χ2v) is 6.91. The Morgan fingerprint density at radius 3 is 2.62 bits per heavy atom. The van der Waals surface area contributed by atoms with Crippen LogP contribution in [0, 0.1) is 0 Å². The average molecular weight is 331 g/mol. The van der Waals surface area contributed by atoms with E-state index in [1.54, 1.807) is 7.11 Å². The average Bonchev–Trinajstić information content (AvgIpc) is 2.64. The van der Waals surface area contributed by atoms with Crippen molar-refractivity contribution in [1.82, 2.24) is 14.7 Å². The maximum atomic E-state index is 12.6. The summed E-state index contributed by atoms with van der Waals surface area (Å²) < 4.78 is 5.54. The van der Waals surface area contributed by atoms with Crippen molar-refractivity contribution in [3.63, 3.8) is 0 Å². The van der Waals surface area contributed by atoms with E-state index in [4.69, 9.17) is 4.74 Å². The number of hydrogen-bond acceptors (Lipinski definition) is 4. The van der Waals surface area contributed by atoms with Crippen LogP contribution in [0.1, 0.15) is 30.9 Å². The predicted octanol–water partition coefficient (Wildman–Crippen LogP) is 2.00. The summed E-state index contributed by atoms with van der Waals surface area (Å²) in [6.07, 6.45) is 3.56.